The van der Waals surface area contributed by atoms with Gasteiger partial charge in [0.1, 0.15) is 5.76 Å². The lowest BCUT2D eigenvalue weighted by Gasteiger charge is -2.29. The molecule has 0 aromatic carbocycles. The number of aliphatic hydroxyl groups is 1. The third-order valence-corrected chi connectivity index (χ3v) is 2.93. The average Bonchev–Trinajstić information content (AvgIpc) is 2.11. The summed E-state index contributed by atoms with van der Waals surface area (Å²) in [6, 6.07) is 0. The van der Waals surface area contributed by atoms with Crippen molar-refractivity contribution in [3.05, 3.63) is 11.3 Å². The number of rotatable bonds is 4. The van der Waals surface area contributed by atoms with E-state index in [9.17, 15) is 9.90 Å². The van der Waals surface area contributed by atoms with Gasteiger partial charge in [-0.25, -0.2) is 0 Å². The molecule has 0 saturated heterocycles. The third-order valence-electron chi connectivity index (χ3n) is 2.93. The number of nitrogens with one attached hydrogen (secondary N) is 1. The maximum Gasteiger partial charge on any atom is 0.168 e. The number of hydrogen-bond donors (Lipinski definition) is 2. The molecule has 0 aromatic rings. The largest absolute Gasteiger partial charge is 0.511 e. The number of aliphatic hydroxyl groups excluding tert-OH is 1. The minimum Gasteiger partial charge on any atom is -0.511 e. The van der Waals surface area contributed by atoms with Crippen LogP contribution in [0.4, 0.5) is 0 Å². The van der Waals surface area contributed by atoms with Crippen LogP contribution in [-0.4, -0.2) is 16.6 Å². The third kappa shape index (κ3) is 2.94. The van der Waals surface area contributed by atoms with Gasteiger partial charge >= 0.3 is 0 Å². The van der Waals surface area contributed by atoms with Gasteiger partial charge in [0.05, 0.1) is 5.57 Å². The minimum atomic E-state index is -0.171. The van der Waals surface area contributed by atoms with E-state index in [-0.39, 0.29) is 22.5 Å². The summed E-state index contributed by atoms with van der Waals surface area (Å²) < 4.78 is 0. The second kappa shape index (κ2) is 4.81. The second-order valence-electron chi connectivity index (χ2n) is 5.34. The standard InChI is InChI=1S/C13H21NO2/c1-4-5-6-9(14)12-10(15)7-13(2,3)8-11(12)16/h14-15H,4-8H2,1-3H3. The van der Waals surface area contributed by atoms with Gasteiger partial charge in [-0.3, -0.25) is 4.79 Å². The van der Waals surface area contributed by atoms with Gasteiger partial charge in [-0.15, -0.1) is 0 Å². The normalized spacial score (nSPS) is 20.1. The van der Waals surface area contributed by atoms with E-state index in [1.807, 2.05) is 20.8 Å². The van der Waals surface area contributed by atoms with Crippen molar-refractivity contribution in [2.24, 2.45) is 5.41 Å². The fraction of sp³-hybridized carbons (Fsp3) is 0.692. The number of hydrogen-bond acceptors (Lipinski definition) is 3. The molecular formula is C13H21NO2. The SMILES string of the molecule is CCCCC(=N)C1=C(O)CC(C)(C)CC1=O. The smallest absolute Gasteiger partial charge is 0.168 e. The molecule has 0 aliphatic heterocycles. The lowest BCUT2D eigenvalue weighted by atomic mass is 9.75. The van der Waals surface area contributed by atoms with Gasteiger partial charge in [-0.2, -0.15) is 0 Å². The minimum absolute atomic E-state index is 0.0742. The highest BCUT2D eigenvalue weighted by molar-refractivity contribution is 6.22. The molecule has 0 aromatic heterocycles. The second-order valence-corrected chi connectivity index (χ2v) is 5.34. The molecule has 1 rings (SSSR count). The summed E-state index contributed by atoms with van der Waals surface area (Å²) in [5.74, 6) is 0.0391. The Balaban J connectivity index is 2.86. The van der Waals surface area contributed by atoms with Crippen molar-refractivity contribution in [1.82, 2.24) is 0 Å². The molecule has 2 N–H and O–H groups in total. The Morgan fingerprint density at radius 3 is 2.56 bits per heavy atom. The first-order chi connectivity index (χ1) is 7.37. The van der Waals surface area contributed by atoms with Crippen molar-refractivity contribution >= 4 is 11.5 Å². The molecule has 0 spiro atoms. The predicted molar refractivity (Wildman–Crippen MR) is 64.9 cm³/mol. The number of unbranched alkanes of at least 4 members (excludes halogenated alkanes) is 1. The van der Waals surface area contributed by atoms with Crippen LogP contribution in [0.15, 0.2) is 11.3 Å². The molecule has 0 fully saturated rings. The van der Waals surface area contributed by atoms with Crippen LogP contribution in [0.3, 0.4) is 0 Å². The quantitative estimate of drug-likeness (QED) is 0.717. The van der Waals surface area contributed by atoms with Gasteiger partial charge < -0.3 is 10.5 Å². The summed E-state index contributed by atoms with van der Waals surface area (Å²) >= 11 is 0. The molecule has 0 bridgehead atoms. The number of carbonyl (C=O) groups is 1. The molecule has 0 heterocycles. The molecule has 3 heteroatoms. The first-order valence-corrected chi connectivity index (χ1v) is 5.90. The molecule has 90 valence electrons. The molecular weight excluding hydrogens is 202 g/mol. The van der Waals surface area contributed by atoms with E-state index in [0.717, 1.165) is 12.8 Å². The number of Topliss-reactive ketones (excluding diaryl/α,β-unsaturated/α-hetero) is 1. The Kier molecular flexibility index (Phi) is 3.89. The predicted octanol–water partition coefficient (Wildman–Crippen LogP) is 3.40. The van der Waals surface area contributed by atoms with Crippen LogP contribution in [0.25, 0.3) is 0 Å². The Bertz CT molecular complexity index is 340. The summed E-state index contributed by atoms with van der Waals surface area (Å²) in [5.41, 5.74) is 0.419. The molecule has 1 aliphatic carbocycles. The maximum atomic E-state index is 11.9. The maximum absolute atomic E-state index is 11.9. The first kappa shape index (κ1) is 12.9. The Labute approximate surface area is 97.1 Å². The van der Waals surface area contributed by atoms with Gasteiger partial charge in [0.25, 0.3) is 0 Å². The van der Waals surface area contributed by atoms with Gasteiger partial charge in [0.15, 0.2) is 5.78 Å². The van der Waals surface area contributed by atoms with Crippen LogP contribution >= 0.6 is 0 Å². The summed E-state index contributed by atoms with van der Waals surface area (Å²) in [4.78, 5) is 11.9. The fourth-order valence-corrected chi connectivity index (χ4v) is 2.11. The van der Waals surface area contributed by atoms with Crippen molar-refractivity contribution in [3.63, 3.8) is 0 Å². The van der Waals surface area contributed by atoms with Gasteiger partial charge in [-0.1, -0.05) is 27.2 Å². The highest BCUT2D eigenvalue weighted by Gasteiger charge is 2.34. The van der Waals surface area contributed by atoms with Crippen LogP contribution < -0.4 is 0 Å². The van der Waals surface area contributed by atoms with Crippen molar-refractivity contribution < 1.29 is 9.90 Å². The Hall–Kier alpha value is -1.12. The molecule has 0 unspecified atom stereocenters. The van der Waals surface area contributed by atoms with Gasteiger partial charge in [0.2, 0.25) is 0 Å². The summed E-state index contributed by atoms with van der Waals surface area (Å²) in [6.45, 7) is 5.98. The Morgan fingerprint density at radius 2 is 2.06 bits per heavy atom. The zero-order valence-corrected chi connectivity index (χ0v) is 10.4. The summed E-state index contributed by atoms with van der Waals surface area (Å²) in [6.07, 6.45) is 3.41. The lowest BCUT2D eigenvalue weighted by molar-refractivity contribution is -0.117. The van der Waals surface area contributed by atoms with Crippen LogP contribution in [0.1, 0.15) is 52.9 Å². The monoisotopic (exact) mass is 223 g/mol. The van der Waals surface area contributed by atoms with E-state index in [0.29, 0.717) is 25.0 Å². The zero-order valence-electron chi connectivity index (χ0n) is 10.4. The molecule has 0 atom stereocenters. The van der Waals surface area contributed by atoms with E-state index < -0.39 is 0 Å². The summed E-state index contributed by atoms with van der Waals surface area (Å²) in [5, 5.41) is 17.7. The van der Waals surface area contributed by atoms with Crippen molar-refractivity contribution in [2.75, 3.05) is 0 Å². The molecule has 0 saturated carbocycles. The Morgan fingerprint density at radius 1 is 1.44 bits per heavy atom. The zero-order chi connectivity index (χ0) is 12.3. The number of carbonyl (C=O) groups excluding carboxylic acids is 1. The van der Waals surface area contributed by atoms with Crippen LogP contribution in [0, 0.1) is 10.8 Å². The lowest BCUT2D eigenvalue weighted by Crippen LogP contribution is -2.29. The van der Waals surface area contributed by atoms with Crippen molar-refractivity contribution in [2.45, 2.75) is 52.9 Å². The number of ketones is 1. The topological polar surface area (TPSA) is 61.1 Å². The molecule has 3 nitrogen and oxygen atoms in total. The summed E-state index contributed by atoms with van der Waals surface area (Å²) in [7, 11) is 0. The number of allylic oxidation sites excluding steroid dienone is 2. The van der Waals surface area contributed by atoms with E-state index >= 15 is 0 Å². The van der Waals surface area contributed by atoms with E-state index in [1.54, 1.807) is 0 Å². The fourth-order valence-electron chi connectivity index (χ4n) is 2.11. The molecule has 1 aliphatic rings. The van der Waals surface area contributed by atoms with Crippen molar-refractivity contribution in [1.29, 1.82) is 5.41 Å². The van der Waals surface area contributed by atoms with Gasteiger partial charge in [0, 0.05) is 18.6 Å². The highest BCUT2D eigenvalue weighted by Crippen LogP contribution is 2.36. The first-order valence-electron chi connectivity index (χ1n) is 5.90. The van der Waals surface area contributed by atoms with Crippen LogP contribution in [-0.2, 0) is 4.79 Å². The molecule has 16 heavy (non-hydrogen) atoms. The van der Waals surface area contributed by atoms with E-state index in [2.05, 4.69) is 0 Å². The van der Waals surface area contributed by atoms with Crippen LogP contribution in [0.2, 0.25) is 0 Å². The van der Waals surface area contributed by atoms with Crippen LogP contribution in [0.5, 0.6) is 0 Å². The van der Waals surface area contributed by atoms with Crippen molar-refractivity contribution in [3.8, 4) is 0 Å². The van der Waals surface area contributed by atoms with E-state index in [1.165, 1.54) is 0 Å². The molecule has 0 amide bonds. The average molecular weight is 223 g/mol. The van der Waals surface area contributed by atoms with Gasteiger partial charge in [-0.05, 0) is 18.3 Å². The van der Waals surface area contributed by atoms with E-state index in [4.69, 9.17) is 5.41 Å². The molecule has 0 radical (unpaired) electrons. The highest BCUT2D eigenvalue weighted by atomic mass is 16.3.